The highest BCUT2D eigenvalue weighted by Crippen LogP contribution is 2.28. The van der Waals surface area contributed by atoms with Crippen LogP contribution in [-0.2, 0) is 0 Å². The molecule has 0 amide bonds. The van der Waals surface area contributed by atoms with Crippen molar-refractivity contribution in [2.24, 2.45) is 5.73 Å². The van der Waals surface area contributed by atoms with Crippen molar-refractivity contribution >= 4 is 15.9 Å². The van der Waals surface area contributed by atoms with Gasteiger partial charge in [-0.15, -0.1) is 0 Å². The van der Waals surface area contributed by atoms with Crippen molar-refractivity contribution in [3.05, 3.63) is 28.2 Å². The minimum atomic E-state index is 0.127. The minimum Gasteiger partial charge on any atom is -0.496 e. The normalized spacial score (nSPS) is 12.6. The Bertz CT molecular complexity index is 301. The first-order valence-corrected chi connectivity index (χ1v) is 5.57. The number of ether oxygens (including phenoxy) is 1. The summed E-state index contributed by atoms with van der Waals surface area (Å²) in [6, 6.07) is 6.11. The van der Waals surface area contributed by atoms with Gasteiger partial charge < -0.3 is 10.5 Å². The van der Waals surface area contributed by atoms with Crippen LogP contribution in [0, 0.1) is 0 Å². The van der Waals surface area contributed by atoms with Crippen LogP contribution >= 0.6 is 15.9 Å². The Hall–Kier alpha value is -0.540. The lowest BCUT2D eigenvalue weighted by atomic mass is 10.0. The Morgan fingerprint density at radius 2 is 2.21 bits per heavy atom. The van der Waals surface area contributed by atoms with Gasteiger partial charge in [-0.1, -0.05) is 19.4 Å². The first-order valence-electron chi connectivity index (χ1n) is 4.78. The molecule has 0 fully saturated rings. The molecule has 78 valence electrons. The third kappa shape index (κ3) is 2.72. The van der Waals surface area contributed by atoms with Crippen molar-refractivity contribution in [2.75, 3.05) is 7.11 Å². The smallest absolute Gasteiger partial charge is 0.133 e. The van der Waals surface area contributed by atoms with E-state index >= 15 is 0 Å². The molecule has 0 aromatic heterocycles. The fraction of sp³-hybridized carbons (Fsp3) is 0.455. The van der Waals surface area contributed by atoms with Gasteiger partial charge in [0.1, 0.15) is 5.75 Å². The second kappa shape index (κ2) is 5.37. The molecule has 2 N–H and O–H groups in total. The van der Waals surface area contributed by atoms with E-state index in [4.69, 9.17) is 10.5 Å². The molecule has 1 aromatic carbocycles. The standard InChI is InChI=1S/C11H16BrNO/c1-3-4-10(13)8-5-6-11(14-2)9(12)7-8/h5-7,10H,3-4,13H2,1-2H3/t10-/m0/s1. The fourth-order valence-electron chi connectivity index (χ4n) is 1.39. The van der Waals surface area contributed by atoms with E-state index in [0.717, 1.165) is 28.6 Å². The number of halogens is 1. The number of hydrogen-bond donors (Lipinski definition) is 1. The zero-order chi connectivity index (χ0) is 10.6. The summed E-state index contributed by atoms with van der Waals surface area (Å²) in [5.41, 5.74) is 7.16. The zero-order valence-electron chi connectivity index (χ0n) is 8.59. The van der Waals surface area contributed by atoms with E-state index in [1.807, 2.05) is 18.2 Å². The lowest BCUT2D eigenvalue weighted by Gasteiger charge is -2.12. The highest BCUT2D eigenvalue weighted by molar-refractivity contribution is 9.10. The van der Waals surface area contributed by atoms with Gasteiger partial charge >= 0.3 is 0 Å². The average Bonchev–Trinajstić information content (AvgIpc) is 2.18. The predicted molar refractivity (Wildman–Crippen MR) is 62.5 cm³/mol. The summed E-state index contributed by atoms with van der Waals surface area (Å²) in [6.07, 6.45) is 2.11. The maximum absolute atomic E-state index is 6.00. The van der Waals surface area contributed by atoms with Crippen LogP contribution in [0.25, 0.3) is 0 Å². The summed E-state index contributed by atoms with van der Waals surface area (Å²) in [4.78, 5) is 0. The first kappa shape index (κ1) is 11.5. The molecule has 3 heteroatoms. The summed E-state index contributed by atoms with van der Waals surface area (Å²) in [6.45, 7) is 2.14. The molecule has 0 radical (unpaired) electrons. The summed E-state index contributed by atoms with van der Waals surface area (Å²) >= 11 is 3.45. The fourth-order valence-corrected chi connectivity index (χ4v) is 1.95. The van der Waals surface area contributed by atoms with Crippen molar-refractivity contribution < 1.29 is 4.74 Å². The van der Waals surface area contributed by atoms with Gasteiger partial charge in [-0.2, -0.15) is 0 Å². The van der Waals surface area contributed by atoms with Gasteiger partial charge in [0.05, 0.1) is 11.6 Å². The van der Waals surface area contributed by atoms with Gasteiger partial charge in [0.2, 0.25) is 0 Å². The Kier molecular flexibility index (Phi) is 4.42. The van der Waals surface area contributed by atoms with Crippen molar-refractivity contribution in [3.8, 4) is 5.75 Å². The third-order valence-corrected chi connectivity index (χ3v) is 2.82. The predicted octanol–water partition coefficient (Wildman–Crippen LogP) is 3.26. The van der Waals surface area contributed by atoms with Crippen molar-refractivity contribution in [1.82, 2.24) is 0 Å². The van der Waals surface area contributed by atoms with Crippen LogP contribution in [0.2, 0.25) is 0 Å². The molecule has 0 aliphatic carbocycles. The minimum absolute atomic E-state index is 0.127. The summed E-state index contributed by atoms with van der Waals surface area (Å²) in [5.74, 6) is 0.845. The van der Waals surface area contributed by atoms with E-state index in [0.29, 0.717) is 0 Å². The van der Waals surface area contributed by atoms with E-state index in [-0.39, 0.29) is 6.04 Å². The molecule has 0 aliphatic heterocycles. The van der Waals surface area contributed by atoms with Gasteiger partial charge in [-0.25, -0.2) is 0 Å². The molecular weight excluding hydrogens is 242 g/mol. The van der Waals surface area contributed by atoms with E-state index in [9.17, 15) is 0 Å². The van der Waals surface area contributed by atoms with E-state index in [1.54, 1.807) is 7.11 Å². The number of methoxy groups -OCH3 is 1. The number of hydrogen-bond acceptors (Lipinski definition) is 2. The van der Waals surface area contributed by atoms with Crippen LogP contribution in [0.1, 0.15) is 31.4 Å². The molecule has 1 aromatic rings. The lowest BCUT2D eigenvalue weighted by Crippen LogP contribution is -2.09. The highest BCUT2D eigenvalue weighted by Gasteiger charge is 2.07. The van der Waals surface area contributed by atoms with E-state index < -0.39 is 0 Å². The largest absolute Gasteiger partial charge is 0.496 e. The molecule has 0 unspecified atom stereocenters. The van der Waals surface area contributed by atoms with Crippen molar-refractivity contribution in [1.29, 1.82) is 0 Å². The molecule has 2 nitrogen and oxygen atoms in total. The quantitative estimate of drug-likeness (QED) is 0.899. The number of nitrogens with two attached hydrogens (primary N) is 1. The number of benzene rings is 1. The maximum atomic E-state index is 6.00. The Morgan fingerprint density at radius 3 is 2.71 bits per heavy atom. The molecule has 0 aliphatic rings. The summed E-state index contributed by atoms with van der Waals surface area (Å²) in [5, 5.41) is 0. The van der Waals surface area contributed by atoms with Gasteiger partial charge in [0.15, 0.2) is 0 Å². The highest BCUT2D eigenvalue weighted by atomic mass is 79.9. The zero-order valence-corrected chi connectivity index (χ0v) is 10.2. The number of rotatable bonds is 4. The average molecular weight is 258 g/mol. The molecule has 0 heterocycles. The monoisotopic (exact) mass is 257 g/mol. The van der Waals surface area contributed by atoms with E-state index in [1.165, 1.54) is 0 Å². The molecule has 0 bridgehead atoms. The molecule has 0 saturated carbocycles. The van der Waals surface area contributed by atoms with Crippen LogP contribution in [0.4, 0.5) is 0 Å². The molecule has 0 saturated heterocycles. The molecule has 1 atom stereocenters. The van der Waals surface area contributed by atoms with Crippen LogP contribution in [-0.4, -0.2) is 7.11 Å². The third-order valence-electron chi connectivity index (χ3n) is 2.20. The maximum Gasteiger partial charge on any atom is 0.133 e. The second-order valence-electron chi connectivity index (χ2n) is 3.29. The Morgan fingerprint density at radius 1 is 1.50 bits per heavy atom. The first-order chi connectivity index (χ1) is 6.69. The SMILES string of the molecule is CCC[C@H](N)c1ccc(OC)c(Br)c1. The van der Waals surface area contributed by atoms with E-state index in [2.05, 4.69) is 22.9 Å². The Balaban J connectivity index is 2.85. The molecule has 0 spiro atoms. The summed E-state index contributed by atoms with van der Waals surface area (Å²) < 4.78 is 6.11. The second-order valence-corrected chi connectivity index (χ2v) is 4.14. The summed E-state index contributed by atoms with van der Waals surface area (Å²) in [7, 11) is 1.66. The van der Waals surface area contributed by atoms with Crippen molar-refractivity contribution in [2.45, 2.75) is 25.8 Å². The van der Waals surface area contributed by atoms with Gasteiger partial charge in [-0.3, -0.25) is 0 Å². The van der Waals surface area contributed by atoms with Crippen LogP contribution in [0.5, 0.6) is 5.75 Å². The van der Waals surface area contributed by atoms with Crippen molar-refractivity contribution in [3.63, 3.8) is 0 Å². The topological polar surface area (TPSA) is 35.2 Å². The van der Waals surface area contributed by atoms with Crippen LogP contribution in [0.15, 0.2) is 22.7 Å². The molecule has 14 heavy (non-hydrogen) atoms. The molecule has 1 rings (SSSR count). The van der Waals surface area contributed by atoms with Gasteiger partial charge in [-0.05, 0) is 40.0 Å². The Labute approximate surface area is 93.6 Å². The molecular formula is C11H16BrNO. The van der Waals surface area contributed by atoms with Gasteiger partial charge in [0, 0.05) is 6.04 Å². The van der Waals surface area contributed by atoms with Crippen LogP contribution < -0.4 is 10.5 Å². The lowest BCUT2D eigenvalue weighted by molar-refractivity contribution is 0.411. The van der Waals surface area contributed by atoms with Gasteiger partial charge in [0.25, 0.3) is 0 Å². The van der Waals surface area contributed by atoms with Crippen LogP contribution in [0.3, 0.4) is 0 Å².